The van der Waals surface area contributed by atoms with Gasteiger partial charge in [-0.3, -0.25) is 0 Å². The summed E-state index contributed by atoms with van der Waals surface area (Å²) in [4.78, 5) is 4.08. The molecule has 226 valence electrons. The smallest absolute Gasteiger partial charge is 0.0683 e. The fourth-order valence-electron chi connectivity index (χ4n) is 3.16. The molecule has 0 aliphatic heterocycles. The Labute approximate surface area is 273 Å². The third-order valence-corrected chi connectivity index (χ3v) is 9.54. The molecule has 0 aliphatic carbocycles. The summed E-state index contributed by atoms with van der Waals surface area (Å²) in [6.45, 7) is 20.0. The van der Waals surface area contributed by atoms with E-state index in [2.05, 4.69) is 152 Å². The lowest BCUT2D eigenvalue weighted by Gasteiger charge is -2.07. The largest absolute Gasteiger partial charge is 0.357 e. The molecule has 5 aromatic carbocycles. The molecule has 0 nitrogen and oxygen atoms in total. The molecule has 0 atom stereocenters. The third-order valence-electron chi connectivity index (χ3n) is 4.62. The molecule has 2 heteroatoms. The fraction of sp³-hybridized carbons (Fsp3) is 0.250. The molecule has 0 radical (unpaired) electrons. The van der Waals surface area contributed by atoms with Crippen molar-refractivity contribution in [2.45, 2.75) is 83.9 Å². The Kier molecular flexibility index (Phi) is 30.6. The molecule has 0 aromatic heterocycles. The second-order valence-electron chi connectivity index (χ2n) is 6.93. The predicted octanol–water partition coefficient (Wildman–Crippen LogP) is 9.73. The van der Waals surface area contributed by atoms with Crippen molar-refractivity contribution >= 4 is 10.9 Å². The van der Waals surface area contributed by atoms with E-state index in [1.54, 1.807) is 0 Å². The van der Waals surface area contributed by atoms with Crippen LogP contribution in [0.4, 0.5) is 0 Å². The minimum Gasteiger partial charge on any atom is -0.0683 e. The average Bonchev–Trinajstić information content (AvgIpc) is 3.12. The van der Waals surface area contributed by atoms with E-state index in [4.69, 9.17) is 0 Å². The van der Waals surface area contributed by atoms with Crippen LogP contribution in [0.3, 0.4) is 0 Å². The van der Waals surface area contributed by atoms with Crippen molar-refractivity contribution in [2.75, 3.05) is 0 Å². The van der Waals surface area contributed by atoms with Gasteiger partial charge in [0.25, 0.3) is 0 Å². The monoisotopic (exact) mass is 694 g/mol. The van der Waals surface area contributed by atoms with Gasteiger partial charge in [-0.05, 0) is 60.7 Å². The van der Waals surface area contributed by atoms with Crippen molar-refractivity contribution in [3.63, 3.8) is 0 Å². The summed E-state index contributed by atoms with van der Waals surface area (Å²) >= 11 is 0.0287. The summed E-state index contributed by atoms with van der Waals surface area (Å²) in [5.41, 5.74) is 0. The molecular formula is C40H55IS+2. The van der Waals surface area contributed by atoms with Gasteiger partial charge >= 0.3 is 21.2 Å². The molecule has 42 heavy (non-hydrogen) atoms. The first kappa shape index (κ1) is 41.3. The third kappa shape index (κ3) is 17.2. The first-order valence-electron chi connectivity index (χ1n) is 15.5. The second kappa shape index (κ2) is 31.1. The highest BCUT2D eigenvalue weighted by Gasteiger charge is 2.27. The Balaban J connectivity index is 0. The maximum absolute atomic E-state index is 2.21. The Bertz CT molecular complexity index is 1030. The van der Waals surface area contributed by atoms with E-state index in [1.165, 1.54) is 21.8 Å². The van der Waals surface area contributed by atoms with E-state index in [-0.39, 0.29) is 32.1 Å². The lowest BCUT2D eigenvalue weighted by molar-refractivity contribution is -0.597. The highest BCUT2D eigenvalue weighted by Crippen LogP contribution is 2.30. The number of hydrogen-bond donors (Lipinski definition) is 0. The molecule has 0 fully saturated rings. The summed E-state index contributed by atoms with van der Waals surface area (Å²) in [6.07, 6.45) is 0. The molecular weight excluding hydrogens is 639 g/mol. The van der Waals surface area contributed by atoms with Crippen molar-refractivity contribution in [2.24, 2.45) is 0 Å². The maximum atomic E-state index is 2.21. The molecule has 0 bridgehead atoms. The number of hydrogen-bond acceptors (Lipinski definition) is 0. The quantitative estimate of drug-likeness (QED) is 0.127. The van der Waals surface area contributed by atoms with E-state index >= 15 is 0 Å². The lowest BCUT2D eigenvalue weighted by Crippen LogP contribution is -3.61. The summed E-state index contributed by atoms with van der Waals surface area (Å²) in [7, 11) is -0.0146. The maximum Gasteiger partial charge on any atom is 0.357 e. The SMILES string of the molecule is CC.CC.CC.CC.CC.c1ccc([I+]c2ccccc2)cc1.c1ccc([S+](c2ccccc2)c2ccccc2)cc1. The van der Waals surface area contributed by atoms with Crippen molar-refractivity contribution in [3.05, 3.63) is 159 Å². The Morgan fingerprint density at radius 1 is 0.286 bits per heavy atom. The summed E-state index contributed by atoms with van der Waals surface area (Å²) in [5.74, 6) is 0. The highest BCUT2D eigenvalue weighted by atomic mass is 127. The van der Waals surface area contributed by atoms with Crippen molar-refractivity contribution in [3.8, 4) is 0 Å². The van der Waals surface area contributed by atoms with Crippen molar-refractivity contribution in [1.82, 2.24) is 0 Å². The van der Waals surface area contributed by atoms with Crippen LogP contribution in [0.2, 0.25) is 0 Å². The molecule has 0 heterocycles. The Morgan fingerprint density at radius 3 is 0.690 bits per heavy atom. The number of benzene rings is 5. The van der Waals surface area contributed by atoms with E-state index in [1.807, 2.05) is 69.2 Å². The number of rotatable bonds is 5. The first-order chi connectivity index (χ1) is 20.9. The summed E-state index contributed by atoms with van der Waals surface area (Å²) < 4.78 is 2.96. The van der Waals surface area contributed by atoms with Gasteiger partial charge in [-0.15, -0.1) is 0 Å². The van der Waals surface area contributed by atoms with E-state index in [0.29, 0.717) is 0 Å². The van der Waals surface area contributed by atoms with Crippen LogP contribution in [0.25, 0.3) is 0 Å². The molecule has 5 aromatic rings. The van der Waals surface area contributed by atoms with Crippen LogP contribution < -0.4 is 21.2 Å². The lowest BCUT2D eigenvalue weighted by atomic mass is 10.4. The highest BCUT2D eigenvalue weighted by molar-refractivity contribution is 7.97. The molecule has 0 spiro atoms. The van der Waals surface area contributed by atoms with Crippen LogP contribution in [0, 0.1) is 7.14 Å². The topological polar surface area (TPSA) is 0 Å². The summed E-state index contributed by atoms with van der Waals surface area (Å²) in [6, 6.07) is 53.6. The van der Waals surface area contributed by atoms with Gasteiger partial charge in [-0.25, -0.2) is 0 Å². The minimum absolute atomic E-state index is 0.0146. The standard InChI is InChI=1S/C18H15S.C12H10I.5C2H6/c1-4-10-16(11-5-1)19(17-12-6-2-7-13-17)18-14-8-3-9-15-18;1-3-7-11(8-4-1)13-12-9-5-2-6-10-12;5*1-2/h1-15H;1-10H;5*1-2H3/q2*+1;;;;;. The summed E-state index contributed by atoms with van der Waals surface area (Å²) in [5, 5.41) is 0. The molecule has 0 saturated carbocycles. The second-order valence-corrected chi connectivity index (χ2v) is 12.0. The van der Waals surface area contributed by atoms with Crippen molar-refractivity contribution in [1.29, 1.82) is 0 Å². The van der Waals surface area contributed by atoms with Gasteiger partial charge in [0, 0.05) is 0 Å². The molecule has 0 amide bonds. The van der Waals surface area contributed by atoms with Crippen LogP contribution in [-0.2, 0) is 10.9 Å². The number of halogens is 1. The molecule has 0 N–H and O–H groups in total. The zero-order chi connectivity index (χ0) is 31.8. The van der Waals surface area contributed by atoms with Gasteiger partial charge in [0.1, 0.15) is 0 Å². The van der Waals surface area contributed by atoms with Gasteiger partial charge < -0.3 is 0 Å². The van der Waals surface area contributed by atoms with E-state index < -0.39 is 0 Å². The van der Waals surface area contributed by atoms with Crippen LogP contribution >= 0.6 is 0 Å². The Hall–Kier alpha value is -2.82. The van der Waals surface area contributed by atoms with E-state index in [9.17, 15) is 0 Å². The van der Waals surface area contributed by atoms with Crippen LogP contribution in [0.1, 0.15) is 69.2 Å². The van der Waals surface area contributed by atoms with Crippen molar-refractivity contribution < 1.29 is 21.2 Å². The van der Waals surface area contributed by atoms with Gasteiger partial charge in [0.15, 0.2) is 21.8 Å². The fourth-order valence-corrected chi connectivity index (χ4v) is 7.53. The molecule has 0 saturated heterocycles. The van der Waals surface area contributed by atoms with E-state index in [0.717, 1.165) is 0 Å². The zero-order valence-electron chi connectivity index (χ0n) is 27.7. The normalized spacial score (nSPS) is 8.55. The minimum atomic E-state index is -0.0146. The molecule has 5 rings (SSSR count). The van der Waals surface area contributed by atoms with Gasteiger partial charge in [0.05, 0.1) is 10.9 Å². The van der Waals surface area contributed by atoms with Crippen LogP contribution in [0.5, 0.6) is 0 Å². The van der Waals surface area contributed by atoms with Crippen LogP contribution in [0.15, 0.2) is 166 Å². The Morgan fingerprint density at radius 2 is 0.476 bits per heavy atom. The van der Waals surface area contributed by atoms with Gasteiger partial charge in [-0.1, -0.05) is 160 Å². The average molecular weight is 695 g/mol. The molecule has 0 unspecified atom stereocenters. The molecule has 0 aliphatic rings. The zero-order valence-corrected chi connectivity index (χ0v) is 30.7. The van der Waals surface area contributed by atoms with Gasteiger partial charge in [-0.2, -0.15) is 0 Å². The van der Waals surface area contributed by atoms with Gasteiger partial charge in [0.2, 0.25) is 0 Å². The predicted molar refractivity (Wildman–Crippen MR) is 189 cm³/mol. The first-order valence-corrected chi connectivity index (χ1v) is 18.9. The van der Waals surface area contributed by atoms with Crippen LogP contribution in [-0.4, -0.2) is 0 Å².